The van der Waals surface area contributed by atoms with Gasteiger partial charge in [0, 0.05) is 13.1 Å². The van der Waals surface area contributed by atoms with Gasteiger partial charge in [0.25, 0.3) is 0 Å². The maximum absolute atomic E-state index is 13.9. The van der Waals surface area contributed by atoms with Crippen LogP contribution in [0.5, 0.6) is 0 Å². The van der Waals surface area contributed by atoms with Crippen LogP contribution in [0.1, 0.15) is 36.8 Å². The molecule has 11 nitrogen and oxygen atoms in total. The number of carbonyl (C=O) groups is 2. The molecule has 0 unspecified atom stereocenters. The zero-order valence-corrected chi connectivity index (χ0v) is 23.3. The fourth-order valence-electron chi connectivity index (χ4n) is 5.49. The van der Waals surface area contributed by atoms with E-state index in [2.05, 4.69) is 20.5 Å². The summed E-state index contributed by atoms with van der Waals surface area (Å²) in [6.45, 7) is 1.87. The zero-order valence-electron chi connectivity index (χ0n) is 22.5. The van der Waals surface area contributed by atoms with Crippen molar-refractivity contribution in [2.24, 2.45) is 16.3 Å². The number of oxime groups is 1. The fourth-order valence-corrected chi connectivity index (χ4v) is 6.83. The van der Waals surface area contributed by atoms with Gasteiger partial charge in [-0.2, -0.15) is 0 Å². The minimum Gasteiger partial charge on any atom is -0.409 e. The number of carbonyl (C=O) groups excluding carboxylic acids is 2. The van der Waals surface area contributed by atoms with Gasteiger partial charge in [-0.05, 0) is 56.3 Å². The lowest BCUT2D eigenvalue weighted by Gasteiger charge is -2.37. The van der Waals surface area contributed by atoms with Crippen molar-refractivity contribution in [1.29, 1.82) is 0 Å². The Hall–Kier alpha value is -3.48. The predicted octanol–water partition coefficient (Wildman–Crippen LogP) is 0.941. The second-order valence-corrected chi connectivity index (χ2v) is 12.3. The Morgan fingerprint density at radius 2 is 1.70 bits per heavy atom. The van der Waals surface area contributed by atoms with Gasteiger partial charge in [0.2, 0.25) is 21.8 Å². The maximum atomic E-state index is 13.9. The van der Waals surface area contributed by atoms with Crippen LogP contribution in [0.3, 0.4) is 0 Å². The molecular formula is C28H38N6O5S. The van der Waals surface area contributed by atoms with Crippen LogP contribution in [0, 0.1) is 5.41 Å². The molecule has 2 heterocycles. The van der Waals surface area contributed by atoms with Gasteiger partial charge < -0.3 is 26.5 Å². The third kappa shape index (κ3) is 7.38. The molecule has 0 bridgehead atoms. The molecule has 2 aliphatic rings. The molecule has 0 aliphatic carbocycles. The Balaban J connectivity index is 1.49. The molecule has 2 aliphatic heterocycles. The molecule has 2 aromatic rings. The molecule has 2 atom stereocenters. The van der Waals surface area contributed by atoms with Gasteiger partial charge in [-0.25, -0.2) is 13.1 Å². The summed E-state index contributed by atoms with van der Waals surface area (Å²) in [5.74, 6) is -0.961. The van der Waals surface area contributed by atoms with Crippen molar-refractivity contribution in [1.82, 2.24) is 20.3 Å². The molecule has 0 spiro atoms. The topological polar surface area (TPSA) is 166 Å². The molecule has 0 aromatic heterocycles. The molecule has 2 fully saturated rings. The molecule has 2 amide bonds. The number of hydrogen-bond donors (Lipinski definition) is 5. The Labute approximate surface area is 235 Å². The molecule has 0 saturated carbocycles. The fraction of sp³-hybridized carbons (Fsp3) is 0.464. The number of nitrogens with zero attached hydrogens (tertiary/aromatic N) is 2. The lowest BCUT2D eigenvalue weighted by atomic mass is 9.77. The number of likely N-dealkylation sites (tertiary alicyclic amines) is 1. The van der Waals surface area contributed by atoms with E-state index in [1.807, 2.05) is 36.4 Å². The average molecular weight is 571 g/mol. The lowest BCUT2D eigenvalue weighted by Crippen LogP contribution is -2.56. The Morgan fingerprint density at radius 3 is 2.33 bits per heavy atom. The number of sulfonamides is 1. The summed E-state index contributed by atoms with van der Waals surface area (Å²) in [6, 6.07) is 16.2. The second-order valence-electron chi connectivity index (χ2n) is 10.5. The molecule has 216 valence electrons. The van der Waals surface area contributed by atoms with Crippen LogP contribution in [0.4, 0.5) is 0 Å². The summed E-state index contributed by atoms with van der Waals surface area (Å²) < 4.78 is 28.9. The van der Waals surface area contributed by atoms with Crippen LogP contribution < -0.4 is 21.1 Å². The Kier molecular flexibility index (Phi) is 9.77. The average Bonchev–Trinajstić information content (AvgIpc) is 3.46. The number of hydrogen-bond acceptors (Lipinski definition) is 7. The molecule has 0 radical (unpaired) electrons. The highest BCUT2D eigenvalue weighted by atomic mass is 32.2. The van der Waals surface area contributed by atoms with Crippen LogP contribution in [0.15, 0.2) is 65.8 Å². The molecular weight excluding hydrogens is 532 g/mol. The van der Waals surface area contributed by atoms with Gasteiger partial charge in [-0.1, -0.05) is 65.8 Å². The maximum Gasteiger partial charge on any atom is 0.242 e. The highest BCUT2D eigenvalue weighted by Crippen LogP contribution is 2.29. The molecule has 2 aromatic carbocycles. The minimum absolute atomic E-state index is 0.0735. The zero-order chi connectivity index (χ0) is 28.6. The van der Waals surface area contributed by atoms with E-state index in [1.165, 1.54) is 4.90 Å². The van der Waals surface area contributed by atoms with Gasteiger partial charge in [0.15, 0.2) is 0 Å². The first-order valence-corrected chi connectivity index (χ1v) is 15.2. The van der Waals surface area contributed by atoms with Crippen LogP contribution in [0.25, 0.3) is 0 Å². The first-order valence-electron chi connectivity index (χ1n) is 13.6. The van der Waals surface area contributed by atoms with Gasteiger partial charge >= 0.3 is 0 Å². The SMILES string of the molecule is N/C(=N\O)C1(CNC(=O)[C@@H]2CCCN2C(=O)[C@@H](Cc2ccccc2)NS(=O)(=O)Cc2ccccc2)CCNCC1. The van der Waals surface area contributed by atoms with Crippen molar-refractivity contribution in [2.45, 2.75) is 49.9 Å². The van der Waals surface area contributed by atoms with E-state index in [9.17, 15) is 23.2 Å². The van der Waals surface area contributed by atoms with Crippen LogP contribution in [-0.2, 0) is 31.8 Å². The van der Waals surface area contributed by atoms with Crippen molar-refractivity contribution in [3.05, 3.63) is 71.8 Å². The van der Waals surface area contributed by atoms with E-state index in [-0.39, 0.29) is 30.5 Å². The summed E-state index contributed by atoms with van der Waals surface area (Å²) in [5, 5.41) is 18.7. The molecule has 40 heavy (non-hydrogen) atoms. The van der Waals surface area contributed by atoms with E-state index >= 15 is 0 Å². The number of benzene rings is 2. The van der Waals surface area contributed by atoms with Crippen molar-refractivity contribution in [3.8, 4) is 0 Å². The van der Waals surface area contributed by atoms with Crippen molar-refractivity contribution >= 4 is 27.7 Å². The third-order valence-electron chi connectivity index (χ3n) is 7.75. The van der Waals surface area contributed by atoms with Gasteiger partial charge in [0.1, 0.15) is 17.9 Å². The second kappa shape index (κ2) is 13.2. The quantitative estimate of drug-likeness (QED) is 0.116. The monoisotopic (exact) mass is 570 g/mol. The minimum atomic E-state index is -3.87. The van der Waals surface area contributed by atoms with Crippen LogP contribution >= 0.6 is 0 Å². The Morgan fingerprint density at radius 1 is 1.07 bits per heavy atom. The number of nitrogens with two attached hydrogens (primary N) is 1. The molecule has 2 saturated heterocycles. The van der Waals surface area contributed by atoms with E-state index < -0.39 is 33.4 Å². The first-order chi connectivity index (χ1) is 19.2. The standard InChI is InChI=1S/C28H38N6O5S/c29-27(32-37)28(13-15-30-16-14-28)20-31-25(35)24-12-7-17-34(24)26(36)23(18-21-8-3-1-4-9-21)33-40(38,39)19-22-10-5-2-6-11-22/h1-6,8-11,23-24,30,33,37H,7,12-20H2,(H2,29,32)(H,31,35)/t23-,24+/m1/s1. The molecule has 6 N–H and O–H groups in total. The van der Waals surface area contributed by atoms with Crippen molar-refractivity contribution in [2.75, 3.05) is 26.2 Å². The van der Waals surface area contributed by atoms with E-state index in [0.717, 1.165) is 5.56 Å². The van der Waals surface area contributed by atoms with E-state index in [1.54, 1.807) is 24.3 Å². The van der Waals surface area contributed by atoms with Gasteiger partial charge in [-0.15, -0.1) is 0 Å². The highest BCUT2D eigenvalue weighted by Gasteiger charge is 2.41. The number of amidine groups is 1. The molecule has 12 heteroatoms. The van der Waals surface area contributed by atoms with Crippen molar-refractivity contribution < 1.29 is 23.2 Å². The summed E-state index contributed by atoms with van der Waals surface area (Å²) >= 11 is 0. The van der Waals surface area contributed by atoms with Crippen LogP contribution in [0.2, 0.25) is 0 Å². The normalized spacial score (nSPS) is 20.1. The van der Waals surface area contributed by atoms with Crippen molar-refractivity contribution in [3.63, 3.8) is 0 Å². The first kappa shape index (κ1) is 29.5. The molecule has 4 rings (SSSR count). The van der Waals surface area contributed by atoms with Crippen LogP contribution in [-0.4, -0.2) is 74.4 Å². The number of nitrogens with one attached hydrogen (secondary N) is 3. The summed E-state index contributed by atoms with van der Waals surface area (Å²) in [5.41, 5.74) is 6.75. The van der Waals surface area contributed by atoms with Gasteiger partial charge in [-0.3, -0.25) is 9.59 Å². The Bertz CT molecular complexity index is 1280. The predicted molar refractivity (Wildman–Crippen MR) is 152 cm³/mol. The summed E-state index contributed by atoms with van der Waals surface area (Å²) in [7, 11) is -3.87. The number of piperidine rings is 1. The number of rotatable bonds is 11. The third-order valence-corrected chi connectivity index (χ3v) is 9.11. The smallest absolute Gasteiger partial charge is 0.242 e. The number of amides is 2. The van der Waals surface area contributed by atoms with Gasteiger partial charge in [0.05, 0.1) is 11.2 Å². The largest absolute Gasteiger partial charge is 0.409 e. The highest BCUT2D eigenvalue weighted by molar-refractivity contribution is 7.88. The summed E-state index contributed by atoms with van der Waals surface area (Å²) in [6.07, 6.45) is 2.42. The summed E-state index contributed by atoms with van der Waals surface area (Å²) in [4.78, 5) is 28.7. The lowest BCUT2D eigenvalue weighted by molar-refractivity contribution is -0.139. The van der Waals surface area contributed by atoms with E-state index in [0.29, 0.717) is 50.9 Å². The van der Waals surface area contributed by atoms with E-state index in [4.69, 9.17) is 5.73 Å².